The molecule has 6 heteroatoms. The monoisotopic (exact) mass is 330 g/mol. The summed E-state index contributed by atoms with van der Waals surface area (Å²) >= 11 is 0. The average molecular weight is 330 g/mol. The van der Waals surface area contributed by atoms with Gasteiger partial charge in [-0.25, -0.2) is 0 Å². The zero-order chi connectivity index (χ0) is 17.5. The van der Waals surface area contributed by atoms with Crippen molar-refractivity contribution in [2.45, 2.75) is 19.3 Å². The van der Waals surface area contributed by atoms with Crippen LogP contribution in [0, 0.1) is 0 Å². The van der Waals surface area contributed by atoms with Crippen molar-refractivity contribution in [3.8, 4) is 0 Å². The number of hydrogen-bond acceptors (Lipinski definition) is 6. The number of nitrogens with two attached hydrogens (primary N) is 1. The van der Waals surface area contributed by atoms with E-state index in [4.69, 9.17) is 15.9 Å². The molecule has 0 amide bonds. The van der Waals surface area contributed by atoms with Crippen LogP contribution in [0.5, 0.6) is 0 Å². The minimum absolute atomic E-state index is 0.266. The molecule has 2 aromatic carbocycles. The summed E-state index contributed by atoms with van der Waals surface area (Å²) in [6.45, 7) is 1.09. The van der Waals surface area contributed by atoms with Crippen molar-refractivity contribution >= 4 is 22.7 Å². The van der Waals surface area contributed by atoms with Gasteiger partial charge in [0.1, 0.15) is 0 Å². The third kappa shape index (κ3) is 5.33. The highest BCUT2D eigenvalue weighted by Gasteiger charge is 2.05. The van der Waals surface area contributed by atoms with Crippen molar-refractivity contribution in [3.05, 3.63) is 48.0 Å². The highest BCUT2D eigenvalue weighted by Crippen LogP contribution is 2.22. The van der Waals surface area contributed by atoms with Gasteiger partial charge in [-0.05, 0) is 42.0 Å². The van der Waals surface area contributed by atoms with Crippen LogP contribution in [0.1, 0.15) is 12.0 Å². The Bertz CT molecular complexity index is 659. The van der Waals surface area contributed by atoms with Gasteiger partial charge in [0, 0.05) is 56.4 Å². The Morgan fingerprint density at radius 3 is 2.58 bits per heavy atom. The van der Waals surface area contributed by atoms with E-state index in [0.717, 1.165) is 22.6 Å². The number of anilines is 4. The molecule has 0 aliphatic carbocycles. The Morgan fingerprint density at radius 2 is 1.88 bits per heavy atom. The first-order valence-electron chi connectivity index (χ1n) is 7.95. The second-order valence-corrected chi connectivity index (χ2v) is 5.91. The van der Waals surface area contributed by atoms with E-state index in [9.17, 15) is 0 Å². The Kier molecular flexibility index (Phi) is 6.28. The predicted molar refractivity (Wildman–Crippen MR) is 100 cm³/mol. The maximum atomic E-state index is 8.95. The Balaban J connectivity index is 2.05. The number of nitrogens with zero attached hydrogens (tertiary/aromatic N) is 1. The van der Waals surface area contributed by atoms with Gasteiger partial charge < -0.3 is 31.5 Å². The van der Waals surface area contributed by atoms with E-state index in [1.165, 1.54) is 0 Å². The van der Waals surface area contributed by atoms with Crippen LogP contribution in [0.2, 0.25) is 0 Å². The Labute approximate surface area is 142 Å². The van der Waals surface area contributed by atoms with Gasteiger partial charge in [0.2, 0.25) is 0 Å². The van der Waals surface area contributed by atoms with Gasteiger partial charge in [0.25, 0.3) is 0 Å². The number of nitrogens with one attached hydrogen (secondary N) is 2. The van der Waals surface area contributed by atoms with Crippen molar-refractivity contribution in [2.24, 2.45) is 0 Å². The molecule has 24 heavy (non-hydrogen) atoms. The third-order valence-corrected chi connectivity index (χ3v) is 3.69. The molecule has 0 aromatic heterocycles. The van der Waals surface area contributed by atoms with Crippen LogP contribution in [0.25, 0.3) is 0 Å². The highest BCUT2D eigenvalue weighted by molar-refractivity contribution is 5.61. The van der Waals surface area contributed by atoms with Gasteiger partial charge in [-0.2, -0.15) is 0 Å². The largest absolute Gasteiger partial charge is 0.399 e. The number of hydrogen-bond donors (Lipinski definition) is 5. The van der Waals surface area contributed by atoms with Crippen LogP contribution < -0.4 is 21.3 Å². The zero-order valence-corrected chi connectivity index (χ0v) is 14.2. The molecule has 0 atom stereocenters. The number of aliphatic hydroxyl groups is 2. The van der Waals surface area contributed by atoms with Crippen molar-refractivity contribution in [1.82, 2.24) is 0 Å². The molecule has 2 rings (SSSR count). The fraction of sp³-hybridized carbons (Fsp3) is 0.333. The standard InChI is InChI=1S/C18H26N4O2/c1-22(2)16-5-3-4-15(11-16)21-12-13-10-14(19)6-7-17(13)20-9-8-18(23)24/h3-7,10-11,18,20-21,23-24H,8-9,12,19H2,1-2H3. The molecule has 0 radical (unpaired) electrons. The summed E-state index contributed by atoms with van der Waals surface area (Å²) < 4.78 is 0. The quantitative estimate of drug-likeness (QED) is 0.376. The number of rotatable bonds is 8. The minimum atomic E-state index is -1.30. The number of aliphatic hydroxyl groups excluding tert-OH is 1. The minimum Gasteiger partial charge on any atom is -0.399 e. The molecule has 6 nitrogen and oxygen atoms in total. The molecular weight excluding hydrogens is 304 g/mol. The fourth-order valence-corrected chi connectivity index (χ4v) is 2.36. The molecule has 0 aliphatic heterocycles. The van der Waals surface area contributed by atoms with E-state index in [-0.39, 0.29) is 6.42 Å². The number of nitrogen functional groups attached to an aromatic ring is 1. The van der Waals surface area contributed by atoms with Crippen LogP contribution in [0.4, 0.5) is 22.7 Å². The maximum Gasteiger partial charge on any atom is 0.153 e. The van der Waals surface area contributed by atoms with Crippen LogP contribution in [0.15, 0.2) is 42.5 Å². The van der Waals surface area contributed by atoms with Crippen LogP contribution in [-0.4, -0.2) is 37.1 Å². The highest BCUT2D eigenvalue weighted by atomic mass is 16.5. The topological polar surface area (TPSA) is 93.8 Å². The summed E-state index contributed by atoms with van der Waals surface area (Å²) in [6.07, 6.45) is -1.04. The summed E-state index contributed by atoms with van der Waals surface area (Å²) in [4.78, 5) is 2.05. The molecule has 0 aliphatic rings. The van der Waals surface area contributed by atoms with Gasteiger partial charge >= 0.3 is 0 Å². The fourth-order valence-electron chi connectivity index (χ4n) is 2.36. The summed E-state index contributed by atoms with van der Waals surface area (Å²) in [6, 6.07) is 13.8. The molecule has 0 spiro atoms. The molecule has 0 saturated heterocycles. The molecule has 0 saturated carbocycles. The Morgan fingerprint density at radius 1 is 1.08 bits per heavy atom. The second kappa shape index (κ2) is 8.42. The lowest BCUT2D eigenvalue weighted by Gasteiger charge is -2.16. The summed E-state index contributed by atoms with van der Waals surface area (Å²) in [5, 5.41) is 24.5. The zero-order valence-electron chi connectivity index (χ0n) is 14.2. The second-order valence-electron chi connectivity index (χ2n) is 5.91. The van der Waals surface area contributed by atoms with Crippen LogP contribution in [0.3, 0.4) is 0 Å². The van der Waals surface area contributed by atoms with E-state index >= 15 is 0 Å². The van der Waals surface area contributed by atoms with Crippen molar-refractivity contribution in [2.75, 3.05) is 41.9 Å². The third-order valence-electron chi connectivity index (χ3n) is 3.69. The lowest BCUT2D eigenvalue weighted by molar-refractivity contribution is -0.0423. The molecule has 0 bridgehead atoms. The first-order valence-corrected chi connectivity index (χ1v) is 7.95. The van der Waals surface area contributed by atoms with Gasteiger partial charge in [-0.15, -0.1) is 0 Å². The first kappa shape index (κ1) is 17.9. The predicted octanol–water partition coefficient (Wildman–Crippen LogP) is 2.06. The molecule has 0 fully saturated rings. The average Bonchev–Trinajstić information content (AvgIpc) is 2.54. The first-order chi connectivity index (χ1) is 11.5. The van der Waals surface area contributed by atoms with Gasteiger partial charge in [0.05, 0.1) is 0 Å². The van der Waals surface area contributed by atoms with Crippen molar-refractivity contribution in [1.29, 1.82) is 0 Å². The molecule has 6 N–H and O–H groups in total. The summed E-state index contributed by atoms with van der Waals surface area (Å²) in [7, 11) is 4.02. The van der Waals surface area contributed by atoms with E-state index in [1.807, 2.05) is 44.4 Å². The van der Waals surface area contributed by atoms with Crippen LogP contribution in [-0.2, 0) is 6.54 Å². The van der Waals surface area contributed by atoms with Crippen molar-refractivity contribution in [3.63, 3.8) is 0 Å². The summed E-state index contributed by atoms with van der Waals surface area (Å²) in [5.74, 6) is 0. The molecule has 130 valence electrons. The van der Waals surface area contributed by atoms with Gasteiger partial charge in [-0.1, -0.05) is 6.07 Å². The normalized spacial score (nSPS) is 10.7. The molecular formula is C18H26N4O2. The van der Waals surface area contributed by atoms with Gasteiger partial charge in [0.15, 0.2) is 6.29 Å². The van der Waals surface area contributed by atoms with E-state index in [0.29, 0.717) is 18.8 Å². The lowest BCUT2D eigenvalue weighted by atomic mass is 10.1. The molecule has 2 aromatic rings. The van der Waals surface area contributed by atoms with E-state index in [1.54, 1.807) is 0 Å². The lowest BCUT2D eigenvalue weighted by Crippen LogP contribution is -2.14. The molecule has 0 heterocycles. The van der Waals surface area contributed by atoms with Gasteiger partial charge in [-0.3, -0.25) is 0 Å². The SMILES string of the molecule is CN(C)c1cccc(NCc2cc(N)ccc2NCCC(O)O)c1. The van der Waals surface area contributed by atoms with E-state index in [2.05, 4.69) is 27.7 Å². The summed E-state index contributed by atoms with van der Waals surface area (Å²) in [5.41, 5.74) is 10.7. The Hall–Kier alpha value is -2.44. The molecule has 0 unspecified atom stereocenters. The number of benzene rings is 2. The maximum absolute atomic E-state index is 8.95. The van der Waals surface area contributed by atoms with Crippen molar-refractivity contribution < 1.29 is 10.2 Å². The van der Waals surface area contributed by atoms with E-state index < -0.39 is 6.29 Å². The smallest absolute Gasteiger partial charge is 0.153 e. The van der Waals surface area contributed by atoms with Crippen LogP contribution >= 0.6 is 0 Å².